The van der Waals surface area contributed by atoms with Crippen molar-refractivity contribution in [2.75, 3.05) is 107 Å². The zero-order valence-corrected chi connectivity index (χ0v) is 66.8. The predicted molar refractivity (Wildman–Crippen MR) is 420 cm³/mol. The number of halogens is 4. The monoisotopic (exact) mass is 1610 g/mol. The van der Waals surface area contributed by atoms with Crippen LogP contribution in [0.5, 0.6) is 23.0 Å². The summed E-state index contributed by atoms with van der Waals surface area (Å²) in [7, 11) is 6.20. The van der Waals surface area contributed by atoms with Crippen molar-refractivity contribution in [3.63, 3.8) is 0 Å². The molecule has 0 spiro atoms. The maximum absolute atomic E-state index is 13.0. The Morgan fingerprint density at radius 2 is 0.655 bits per heavy atom. The van der Waals surface area contributed by atoms with E-state index >= 15 is 0 Å². The number of likely N-dealkylation sites (tertiary alicyclic amines) is 4. The van der Waals surface area contributed by atoms with Crippen LogP contribution in [0.25, 0.3) is 0 Å². The van der Waals surface area contributed by atoms with Crippen LogP contribution >= 0.6 is 0 Å². The number of ketones is 2. The third-order valence-electron chi connectivity index (χ3n) is 20.9. The molecular weight excluding hydrogens is 1500 g/mol. The molecule has 6 aliphatic heterocycles. The van der Waals surface area contributed by atoms with Gasteiger partial charge in [-0.3, -0.25) is 43.2 Å². The molecule has 6 aromatic rings. The molecule has 0 radical (unpaired) electrons. The molecule has 622 valence electrons. The Bertz CT molecular complexity index is 4070. The van der Waals surface area contributed by atoms with E-state index in [1.165, 1.54) is 69.0 Å². The van der Waals surface area contributed by atoms with Gasteiger partial charge in [0.15, 0.2) is 34.6 Å². The number of Topliss-reactive ketones (excluding diaryl/α,β-unsaturated/α-hetero) is 2. The molecule has 0 atom stereocenters. The number of amides is 5. The number of ether oxygens (including phenoxy) is 4. The SMILES string of the molecule is CC=NC(=O)C1CCN(C(=O)Cc2ccc(F)cc2)CC1.COc1cccc(C(=O)C2CCN(C(=O)Cc3ccc(F)cc3)CC2)c1OC.COc1cccc(C(=O)C2CCNCC2)c1OC.O.O=C(O)C1CCN(C(=O)Cc2ccc(F)cc2)CC1.O=C(O)C1CCNCC1.O=C([O-])C1CCN(C(=O)Cc2ccc(F)cc2)CC1.[Li+]. The van der Waals surface area contributed by atoms with E-state index in [0.29, 0.717) is 138 Å². The average molecular weight is 1610 g/mol. The minimum absolute atomic E-state index is 0. The molecule has 6 heterocycles. The van der Waals surface area contributed by atoms with E-state index < -0.39 is 23.8 Å². The number of hydrogen-bond acceptors (Lipinski definition) is 17. The van der Waals surface area contributed by atoms with Crippen LogP contribution in [-0.2, 0) is 64.0 Å². The number of carboxylic acids is 3. The Morgan fingerprint density at radius 3 is 0.914 bits per heavy atom. The molecule has 116 heavy (non-hydrogen) atoms. The van der Waals surface area contributed by atoms with Crippen LogP contribution in [0.3, 0.4) is 0 Å². The number of carbonyl (C=O) groups is 10. The van der Waals surface area contributed by atoms with Gasteiger partial charge in [-0.2, -0.15) is 0 Å². The van der Waals surface area contributed by atoms with Crippen molar-refractivity contribution in [1.82, 2.24) is 30.2 Å². The Balaban J connectivity index is 0.000000253. The second kappa shape index (κ2) is 50.2. The maximum Gasteiger partial charge on any atom is 1.00 e. The van der Waals surface area contributed by atoms with E-state index in [9.17, 15) is 70.6 Å². The van der Waals surface area contributed by atoms with Crippen molar-refractivity contribution in [3.8, 4) is 23.0 Å². The van der Waals surface area contributed by atoms with Crippen LogP contribution < -0.4 is 53.5 Å². The molecule has 30 heteroatoms. The van der Waals surface area contributed by atoms with Gasteiger partial charge in [-0.25, -0.2) is 22.6 Å². The third kappa shape index (κ3) is 30.7. The normalized spacial score (nSPS) is 16.1. The molecule has 6 saturated heterocycles. The fraction of sp³-hybridized carbons (Fsp3) is 0.453. The van der Waals surface area contributed by atoms with Crippen LogP contribution in [0, 0.1) is 58.8 Å². The van der Waals surface area contributed by atoms with E-state index in [1.54, 1.807) is 114 Å². The fourth-order valence-corrected chi connectivity index (χ4v) is 14.0. The van der Waals surface area contributed by atoms with Gasteiger partial charge in [-0.1, -0.05) is 60.7 Å². The van der Waals surface area contributed by atoms with Crippen LogP contribution in [0.2, 0.25) is 0 Å². The standard InChI is InChI=1S/C22H24FNO4.C16H19FN2O2.2C14H16FNO3.C14H19NO3.C6H11NO2.Li.H2O/c1-27-19-5-3-4-18(22(19)28-2)21(26)16-10-12-24(13-11-16)20(25)14-15-6-8-17(23)9-7-15;1-2-18-16(21)13-7-9-19(10-8-13)15(20)11-12-3-5-14(17)6-4-12;2*15-12-3-1-10(2-4-12)9-13(17)16-7-5-11(6-8-16)14(18)19;1-17-12-5-3-4-11(14(12)18-2)13(16)10-6-8-15-9-7-10;8-6(9)5-1-3-7-4-2-5;;/h3-9,16H,10-14H2,1-2H3;2-6,13H,7-11H2,1H3;2*1-4,11H,5-9H2,(H,18,19);3-5,10,15H,6-9H2,1-2H3;5,7H,1-4H2,(H,8,9);;1H2/q;;;;;;+1;/p-1. The smallest absolute Gasteiger partial charge is 0.550 e. The minimum Gasteiger partial charge on any atom is -0.550 e. The summed E-state index contributed by atoms with van der Waals surface area (Å²) in [6, 6.07) is 34.3. The van der Waals surface area contributed by atoms with Crippen LogP contribution in [0.15, 0.2) is 138 Å². The van der Waals surface area contributed by atoms with Crippen molar-refractivity contribution in [2.24, 2.45) is 40.5 Å². The summed E-state index contributed by atoms with van der Waals surface area (Å²) in [6.07, 6.45) is 10.2. The zero-order valence-electron chi connectivity index (χ0n) is 66.8. The first kappa shape index (κ1) is 96.3. The Labute approximate surface area is 686 Å². The predicted octanol–water partition coefficient (Wildman–Crippen LogP) is 5.92. The van der Waals surface area contributed by atoms with Crippen molar-refractivity contribution in [2.45, 2.75) is 110 Å². The van der Waals surface area contributed by atoms with Gasteiger partial charge < -0.3 is 74.8 Å². The number of para-hydroxylation sites is 2. The van der Waals surface area contributed by atoms with Crippen molar-refractivity contribution < 1.29 is 124 Å². The maximum atomic E-state index is 13.0. The van der Waals surface area contributed by atoms with Gasteiger partial charge in [0.05, 0.1) is 77.1 Å². The quantitative estimate of drug-likeness (QED) is 0.0298. The molecule has 5 amide bonds. The van der Waals surface area contributed by atoms with Gasteiger partial charge >= 0.3 is 30.8 Å². The number of benzene rings is 6. The summed E-state index contributed by atoms with van der Waals surface area (Å²) >= 11 is 0. The summed E-state index contributed by atoms with van der Waals surface area (Å²) in [6.45, 7) is 9.32. The van der Waals surface area contributed by atoms with Gasteiger partial charge in [0.2, 0.25) is 29.5 Å². The van der Waals surface area contributed by atoms with Crippen LogP contribution in [0.1, 0.15) is 127 Å². The van der Waals surface area contributed by atoms with Crippen molar-refractivity contribution >= 4 is 65.2 Å². The molecule has 6 aromatic carbocycles. The summed E-state index contributed by atoms with van der Waals surface area (Å²) in [4.78, 5) is 128. The number of hydrogen-bond donors (Lipinski definition) is 4. The van der Waals surface area contributed by atoms with Crippen LogP contribution in [0.4, 0.5) is 17.6 Å². The second-order valence-corrected chi connectivity index (χ2v) is 28.4. The Morgan fingerprint density at radius 1 is 0.397 bits per heavy atom. The number of carboxylic acid groups (broad SMARTS) is 3. The molecular formula is C86H106F4LiN7O18. The molecule has 0 bridgehead atoms. The molecule has 12 rings (SSSR count). The van der Waals surface area contributed by atoms with E-state index in [0.717, 1.165) is 74.1 Å². The molecule has 6 fully saturated rings. The third-order valence-corrected chi connectivity index (χ3v) is 20.9. The Hall–Kier alpha value is -10.3. The van der Waals surface area contributed by atoms with Gasteiger partial charge in [0.25, 0.3) is 0 Å². The van der Waals surface area contributed by atoms with Gasteiger partial charge in [-0.05, 0) is 205 Å². The first-order chi connectivity index (χ1) is 54.8. The largest absolute Gasteiger partial charge is 1.00 e. The van der Waals surface area contributed by atoms with E-state index in [2.05, 4.69) is 15.6 Å². The molecule has 0 aliphatic carbocycles. The molecule has 0 aromatic heterocycles. The molecule has 6 aliphatic rings. The number of aliphatic imine (C=N–C) groups is 1. The number of piperidine rings is 6. The zero-order chi connectivity index (χ0) is 82.6. The van der Waals surface area contributed by atoms with Gasteiger partial charge in [0.1, 0.15) is 23.3 Å². The van der Waals surface area contributed by atoms with Gasteiger partial charge in [0, 0.05) is 88.2 Å². The summed E-state index contributed by atoms with van der Waals surface area (Å²) in [5, 5.41) is 34.5. The van der Waals surface area contributed by atoms with E-state index in [1.807, 2.05) is 12.1 Å². The first-order valence-electron chi connectivity index (χ1n) is 38.5. The first-order valence-corrected chi connectivity index (χ1v) is 38.5. The second-order valence-electron chi connectivity index (χ2n) is 28.4. The van der Waals surface area contributed by atoms with Crippen LogP contribution in [-0.4, -0.2) is 207 Å². The topological polar surface area (TPSA) is 352 Å². The number of nitrogens with one attached hydrogen (secondary N) is 2. The van der Waals surface area contributed by atoms with E-state index in [-0.39, 0.29) is 144 Å². The minimum atomic E-state index is -1.04. The summed E-state index contributed by atoms with van der Waals surface area (Å²) in [5.74, 6) is -2.61. The van der Waals surface area contributed by atoms with Gasteiger partial charge in [-0.15, -0.1) is 0 Å². The fourth-order valence-electron chi connectivity index (χ4n) is 14.0. The number of nitrogens with zero attached hydrogens (tertiary/aromatic N) is 5. The Kier molecular flexibility index (Phi) is 41.7. The molecule has 25 nitrogen and oxygen atoms in total. The number of rotatable bonds is 20. The van der Waals surface area contributed by atoms with E-state index in [4.69, 9.17) is 29.2 Å². The number of aliphatic carboxylic acids is 3. The molecule has 6 N–H and O–H groups in total. The molecule has 0 saturated carbocycles. The van der Waals surface area contributed by atoms with Crippen molar-refractivity contribution in [3.05, 3.63) is 190 Å². The number of carbonyl (C=O) groups excluding carboxylic acids is 8. The molecule has 0 unspecified atom stereocenters. The number of methoxy groups -OCH3 is 4. The summed E-state index contributed by atoms with van der Waals surface area (Å²) < 4.78 is 72.5. The van der Waals surface area contributed by atoms with Crippen molar-refractivity contribution in [1.29, 1.82) is 0 Å². The summed E-state index contributed by atoms with van der Waals surface area (Å²) in [5.41, 5.74) is 4.25. The average Bonchev–Trinajstić information content (AvgIpc) is 0.815.